The van der Waals surface area contributed by atoms with Crippen LogP contribution in [0, 0.1) is 5.92 Å². The van der Waals surface area contributed by atoms with Crippen LogP contribution in [-0.4, -0.2) is 22.6 Å². The highest BCUT2D eigenvalue weighted by Gasteiger charge is 2.14. The van der Waals surface area contributed by atoms with Gasteiger partial charge in [0.05, 0.1) is 0 Å². The van der Waals surface area contributed by atoms with Gasteiger partial charge in [-0.05, 0) is 30.9 Å². The Bertz CT molecular complexity index is 357. The molecule has 3 N–H and O–H groups in total. The van der Waals surface area contributed by atoms with Crippen molar-refractivity contribution >= 4 is 11.7 Å². The molecular weight excluding hydrogens is 204 g/mol. The standard InChI is InChI=1S/C11H16N4O/c12-11(16)9-5-6-10(15-14-9)13-7-8-3-1-2-4-8/h5-6,8H,1-4,7H2,(H2,12,16)(H,13,15). The molecule has 5 heteroatoms. The second-order valence-corrected chi connectivity index (χ2v) is 4.20. The predicted molar refractivity (Wildman–Crippen MR) is 61.0 cm³/mol. The number of carbonyl (C=O) groups excluding carboxylic acids is 1. The Labute approximate surface area is 94.4 Å². The van der Waals surface area contributed by atoms with Gasteiger partial charge in [-0.25, -0.2) is 0 Å². The molecule has 0 radical (unpaired) electrons. The maximum absolute atomic E-state index is 10.8. The van der Waals surface area contributed by atoms with E-state index in [0.29, 0.717) is 5.82 Å². The van der Waals surface area contributed by atoms with Gasteiger partial charge in [0.15, 0.2) is 5.69 Å². The third-order valence-corrected chi connectivity index (χ3v) is 2.96. The van der Waals surface area contributed by atoms with Crippen molar-refractivity contribution in [2.75, 3.05) is 11.9 Å². The number of anilines is 1. The number of nitrogens with zero attached hydrogens (tertiary/aromatic N) is 2. The molecule has 1 aromatic rings. The lowest BCUT2D eigenvalue weighted by molar-refractivity contribution is 0.0994. The summed E-state index contributed by atoms with van der Waals surface area (Å²) in [5.41, 5.74) is 5.28. The molecule has 1 aliphatic carbocycles. The minimum atomic E-state index is -0.546. The van der Waals surface area contributed by atoms with Gasteiger partial charge < -0.3 is 11.1 Å². The van der Waals surface area contributed by atoms with Crippen molar-refractivity contribution in [2.24, 2.45) is 11.7 Å². The number of amides is 1. The topological polar surface area (TPSA) is 80.9 Å². The molecule has 0 saturated heterocycles. The van der Waals surface area contributed by atoms with Crippen LogP contribution in [0.1, 0.15) is 36.2 Å². The minimum Gasteiger partial charge on any atom is -0.368 e. The van der Waals surface area contributed by atoms with Crippen LogP contribution >= 0.6 is 0 Å². The lowest BCUT2D eigenvalue weighted by atomic mass is 10.1. The van der Waals surface area contributed by atoms with Crippen molar-refractivity contribution in [3.63, 3.8) is 0 Å². The van der Waals surface area contributed by atoms with E-state index in [1.807, 2.05) is 0 Å². The van der Waals surface area contributed by atoms with Crippen molar-refractivity contribution in [1.29, 1.82) is 0 Å². The molecule has 1 aliphatic rings. The van der Waals surface area contributed by atoms with Gasteiger partial charge in [0.2, 0.25) is 0 Å². The number of aromatic nitrogens is 2. The van der Waals surface area contributed by atoms with Crippen molar-refractivity contribution in [2.45, 2.75) is 25.7 Å². The van der Waals surface area contributed by atoms with Gasteiger partial charge >= 0.3 is 0 Å². The van der Waals surface area contributed by atoms with Crippen LogP contribution < -0.4 is 11.1 Å². The van der Waals surface area contributed by atoms with Gasteiger partial charge in [0.25, 0.3) is 5.91 Å². The molecule has 0 aliphatic heterocycles. The summed E-state index contributed by atoms with van der Waals surface area (Å²) in [4.78, 5) is 10.8. The summed E-state index contributed by atoms with van der Waals surface area (Å²) in [6, 6.07) is 3.33. The van der Waals surface area contributed by atoms with Crippen molar-refractivity contribution < 1.29 is 4.79 Å². The normalized spacial score (nSPS) is 16.2. The second-order valence-electron chi connectivity index (χ2n) is 4.20. The number of primary amides is 1. The first-order valence-electron chi connectivity index (χ1n) is 5.63. The minimum absolute atomic E-state index is 0.200. The van der Waals surface area contributed by atoms with Crippen molar-refractivity contribution in [3.8, 4) is 0 Å². The van der Waals surface area contributed by atoms with Crippen LogP contribution in [0.15, 0.2) is 12.1 Å². The van der Waals surface area contributed by atoms with Crippen molar-refractivity contribution in [1.82, 2.24) is 10.2 Å². The SMILES string of the molecule is NC(=O)c1ccc(NCC2CCCC2)nn1. The van der Waals surface area contributed by atoms with Crippen LogP contribution in [0.2, 0.25) is 0 Å². The van der Waals surface area contributed by atoms with E-state index in [0.717, 1.165) is 12.5 Å². The molecule has 5 nitrogen and oxygen atoms in total. The molecule has 2 rings (SSSR count). The maximum Gasteiger partial charge on any atom is 0.269 e. The van der Waals surface area contributed by atoms with Crippen LogP contribution in [0.5, 0.6) is 0 Å². The molecule has 1 heterocycles. The predicted octanol–water partition coefficient (Wildman–Crippen LogP) is 1.18. The molecule has 0 spiro atoms. The molecule has 0 bridgehead atoms. The van der Waals surface area contributed by atoms with E-state index in [-0.39, 0.29) is 5.69 Å². The van der Waals surface area contributed by atoms with E-state index < -0.39 is 5.91 Å². The maximum atomic E-state index is 10.8. The van der Waals surface area contributed by atoms with Crippen molar-refractivity contribution in [3.05, 3.63) is 17.8 Å². The smallest absolute Gasteiger partial charge is 0.269 e. The zero-order valence-corrected chi connectivity index (χ0v) is 9.15. The molecule has 0 unspecified atom stereocenters. The number of carbonyl (C=O) groups is 1. The zero-order chi connectivity index (χ0) is 11.4. The Hall–Kier alpha value is -1.65. The van der Waals surface area contributed by atoms with Crippen LogP contribution in [-0.2, 0) is 0 Å². The highest BCUT2D eigenvalue weighted by molar-refractivity contribution is 5.90. The highest BCUT2D eigenvalue weighted by atomic mass is 16.1. The molecule has 1 amide bonds. The molecule has 86 valence electrons. The Morgan fingerprint density at radius 1 is 1.38 bits per heavy atom. The first-order valence-corrected chi connectivity index (χ1v) is 5.63. The Morgan fingerprint density at radius 3 is 2.69 bits per heavy atom. The summed E-state index contributed by atoms with van der Waals surface area (Å²) in [5.74, 6) is 0.907. The summed E-state index contributed by atoms with van der Waals surface area (Å²) in [5, 5.41) is 10.9. The summed E-state index contributed by atoms with van der Waals surface area (Å²) in [6.45, 7) is 0.935. The Morgan fingerprint density at radius 2 is 2.12 bits per heavy atom. The average molecular weight is 220 g/mol. The van der Waals surface area contributed by atoms with Gasteiger partial charge in [-0.3, -0.25) is 4.79 Å². The highest BCUT2D eigenvalue weighted by Crippen LogP contribution is 2.24. The van der Waals surface area contributed by atoms with Crippen LogP contribution in [0.4, 0.5) is 5.82 Å². The Balaban J connectivity index is 1.87. The van der Waals surface area contributed by atoms with E-state index >= 15 is 0 Å². The third-order valence-electron chi connectivity index (χ3n) is 2.96. The zero-order valence-electron chi connectivity index (χ0n) is 9.15. The lowest BCUT2D eigenvalue weighted by Gasteiger charge is -2.10. The first kappa shape index (κ1) is 10.9. The molecule has 1 aromatic heterocycles. The number of hydrogen-bond donors (Lipinski definition) is 2. The quantitative estimate of drug-likeness (QED) is 0.798. The first-order chi connectivity index (χ1) is 7.75. The van der Waals surface area contributed by atoms with Gasteiger partial charge in [0.1, 0.15) is 5.82 Å². The van der Waals surface area contributed by atoms with E-state index in [1.165, 1.54) is 25.7 Å². The second kappa shape index (κ2) is 4.92. The molecule has 1 fully saturated rings. The summed E-state index contributed by atoms with van der Waals surface area (Å²) in [7, 11) is 0. The molecule has 16 heavy (non-hydrogen) atoms. The third kappa shape index (κ3) is 2.68. The van der Waals surface area contributed by atoms with Gasteiger partial charge in [0, 0.05) is 6.54 Å². The summed E-state index contributed by atoms with van der Waals surface area (Å²) < 4.78 is 0. The largest absolute Gasteiger partial charge is 0.368 e. The number of nitrogens with two attached hydrogens (primary N) is 1. The number of hydrogen-bond acceptors (Lipinski definition) is 4. The average Bonchev–Trinajstić information content (AvgIpc) is 2.80. The number of rotatable bonds is 4. The Kier molecular flexibility index (Phi) is 3.34. The fraction of sp³-hybridized carbons (Fsp3) is 0.545. The molecular formula is C11H16N4O. The lowest BCUT2D eigenvalue weighted by Crippen LogP contribution is -2.16. The molecule has 1 saturated carbocycles. The van der Waals surface area contributed by atoms with Crippen LogP contribution in [0.3, 0.4) is 0 Å². The van der Waals surface area contributed by atoms with E-state index in [1.54, 1.807) is 12.1 Å². The fourth-order valence-electron chi connectivity index (χ4n) is 2.02. The summed E-state index contributed by atoms with van der Waals surface area (Å²) in [6.07, 6.45) is 5.25. The van der Waals surface area contributed by atoms with E-state index in [2.05, 4.69) is 15.5 Å². The monoisotopic (exact) mass is 220 g/mol. The van der Waals surface area contributed by atoms with Gasteiger partial charge in [-0.15, -0.1) is 10.2 Å². The number of nitrogens with one attached hydrogen (secondary N) is 1. The van der Waals surface area contributed by atoms with E-state index in [9.17, 15) is 4.79 Å². The molecule has 0 aromatic carbocycles. The summed E-state index contributed by atoms with van der Waals surface area (Å²) >= 11 is 0. The van der Waals surface area contributed by atoms with E-state index in [4.69, 9.17) is 5.73 Å². The fourth-order valence-corrected chi connectivity index (χ4v) is 2.02. The molecule has 0 atom stereocenters. The van der Waals surface area contributed by atoms with Gasteiger partial charge in [-0.1, -0.05) is 12.8 Å². The van der Waals surface area contributed by atoms with Crippen LogP contribution in [0.25, 0.3) is 0 Å². The van der Waals surface area contributed by atoms with Gasteiger partial charge in [-0.2, -0.15) is 0 Å².